The lowest BCUT2D eigenvalue weighted by atomic mass is 10.2. The zero-order chi connectivity index (χ0) is 14.4. The van der Waals surface area contributed by atoms with Crippen molar-refractivity contribution in [3.05, 3.63) is 23.8 Å². The second-order valence-corrected chi connectivity index (χ2v) is 4.88. The maximum absolute atomic E-state index is 11.2. The van der Waals surface area contributed by atoms with Crippen molar-refractivity contribution in [3.8, 4) is 11.5 Å². The summed E-state index contributed by atoms with van der Waals surface area (Å²) in [5.41, 5.74) is 1.06. The molecule has 0 saturated heterocycles. The van der Waals surface area contributed by atoms with Gasteiger partial charge in [-0.15, -0.1) is 0 Å². The zero-order valence-corrected chi connectivity index (χ0v) is 12.1. The lowest BCUT2D eigenvalue weighted by molar-refractivity contribution is -0.121. The maximum atomic E-state index is 11.2. The number of hydrogen-bond acceptors (Lipinski definition) is 4. The Labute approximate surface area is 119 Å². The summed E-state index contributed by atoms with van der Waals surface area (Å²) >= 11 is 0. The van der Waals surface area contributed by atoms with Gasteiger partial charge >= 0.3 is 0 Å². The van der Waals surface area contributed by atoms with Crippen LogP contribution in [0.2, 0.25) is 0 Å². The van der Waals surface area contributed by atoms with Crippen molar-refractivity contribution < 1.29 is 14.3 Å². The molecule has 1 amide bonds. The van der Waals surface area contributed by atoms with Crippen molar-refractivity contribution in [3.63, 3.8) is 0 Å². The van der Waals surface area contributed by atoms with Gasteiger partial charge in [-0.2, -0.15) is 0 Å². The minimum absolute atomic E-state index is 0.0300. The van der Waals surface area contributed by atoms with Crippen molar-refractivity contribution in [2.45, 2.75) is 31.8 Å². The quantitative estimate of drug-likeness (QED) is 0.756. The van der Waals surface area contributed by atoms with Crippen molar-refractivity contribution in [2.75, 3.05) is 20.8 Å². The Kier molecular flexibility index (Phi) is 5.24. The van der Waals surface area contributed by atoms with Crippen LogP contribution in [0, 0.1) is 0 Å². The number of carbonyl (C=O) groups is 1. The first-order chi connectivity index (χ1) is 9.74. The molecular formula is C15H22N2O3. The fourth-order valence-corrected chi connectivity index (χ4v) is 1.94. The Morgan fingerprint density at radius 1 is 1.40 bits per heavy atom. The van der Waals surface area contributed by atoms with Crippen molar-refractivity contribution in [1.29, 1.82) is 0 Å². The fourth-order valence-electron chi connectivity index (χ4n) is 1.94. The number of benzene rings is 1. The van der Waals surface area contributed by atoms with Crippen LogP contribution in [-0.2, 0) is 11.3 Å². The third-order valence-electron chi connectivity index (χ3n) is 3.29. The van der Waals surface area contributed by atoms with Crippen LogP contribution in [0.4, 0.5) is 0 Å². The molecule has 0 radical (unpaired) electrons. The fraction of sp³-hybridized carbons (Fsp3) is 0.533. The molecule has 20 heavy (non-hydrogen) atoms. The van der Waals surface area contributed by atoms with Crippen LogP contribution in [0.1, 0.15) is 24.8 Å². The van der Waals surface area contributed by atoms with Crippen LogP contribution in [0.25, 0.3) is 0 Å². The normalized spacial score (nSPS) is 13.9. The summed E-state index contributed by atoms with van der Waals surface area (Å²) in [6, 6.07) is 6.48. The van der Waals surface area contributed by atoms with E-state index < -0.39 is 0 Å². The van der Waals surface area contributed by atoms with Gasteiger partial charge in [0.25, 0.3) is 0 Å². The minimum Gasteiger partial charge on any atom is -0.493 e. The van der Waals surface area contributed by atoms with E-state index in [1.54, 1.807) is 14.2 Å². The van der Waals surface area contributed by atoms with Crippen LogP contribution in [0.5, 0.6) is 11.5 Å². The van der Waals surface area contributed by atoms with Gasteiger partial charge in [-0.3, -0.25) is 4.79 Å². The van der Waals surface area contributed by atoms with Gasteiger partial charge in [0.2, 0.25) is 5.91 Å². The highest BCUT2D eigenvalue weighted by atomic mass is 16.5. The number of methoxy groups -OCH3 is 1. The average Bonchev–Trinajstić information content (AvgIpc) is 3.29. The van der Waals surface area contributed by atoms with Gasteiger partial charge in [-0.25, -0.2) is 0 Å². The zero-order valence-electron chi connectivity index (χ0n) is 12.1. The number of para-hydroxylation sites is 1. The highest BCUT2D eigenvalue weighted by Crippen LogP contribution is 2.32. The van der Waals surface area contributed by atoms with Gasteiger partial charge in [0.15, 0.2) is 11.5 Å². The molecule has 110 valence electrons. The Balaban J connectivity index is 1.99. The topological polar surface area (TPSA) is 59.6 Å². The van der Waals surface area contributed by atoms with Crippen LogP contribution in [-0.4, -0.2) is 32.7 Å². The second-order valence-electron chi connectivity index (χ2n) is 4.88. The van der Waals surface area contributed by atoms with Gasteiger partial charge in [0, 0.05) is 25.2 Å². The summed E-state index contributed by atoms with van der Waals surface area (Å²) in [7, 11) is 3.25. The minimum atomic E-state index is -0.0300. The Morgan fingerprint density at radius 2 is 2.20 bits per heavy atom. The van der Waals surface area contributed by atoms with E-state index in [9.17, 15) is 4.79 Å². The number of rotatable bonds is 8. The summed E-state index contributed by atoms with van der Waals surface area (Å²) in [5.74, 6) is 1.40. The second kappa shape index (κ2) is 7.14. The van der Waals surface area contributed by atoms with Gasteiger partial charge in [-0.05, 0) is 18.9 Å². The van der Waals surface area contributed by atoms with Crippen molar-refractivity contribution in [2.24, 2.45) is 0 Å². The molecule has 1 fully saturated rings. The Hall–Kier alpha value is -1.75. The highest BCUT2D eigenvalue weighted by Gasteiger charge is 2.21. The van der Waals surface area contributed by atoms with Gasteiger partial charge in [0.05, 0.1) is 20.1 Å². The number of ether oxygens (including phenoxy) is 2. The number of hydrogen-bond donors (Lipinski definition) is 2. The first-order valence-corrected chi connectivity index (χ1v) is 6.97. The molecule has 2 rings (SSSR count). The molecule has 1 aromatic carbocycles. The SMILES string of the molecule is CNC(=O)CCOc1c(CNC2CC2)cccc1OC. The molecule has 2 N–H and O–H groups in total. The van der Waals surface area contributed by atoms with E-state index in [-0.39, 0.29) is 5.91 Å². The molecule has 1 saturated carbocycles. The summed E-state index contributed by atoms with van der Waals surface area (Å²) in [6.45, 7) is 1.10. The summed E-state index contributed by atoms with van der Waals surface area (Å²) in [5, 5.41) is 6.04. The molecule has 0 aromatic heterocycles. The van der Waals surface area contributed by atoms with Gasteiger partial charge in [0.1, 0.15) is 0 Å². The Morgan fingerprint density at radius 3 is 2.85 bits per heavy atom. The van der Waals surface area contributed by atoms with Crippen LogP contribution in [0.3, 0.4) is 0 Å². The van der Waals surface area contributed by atoms with E-state index in [4.69, 9.17) is 9.47 Å². The first kappa shape index (κ1) is 14.7. The van der Waals surface area contributed by atoms with E-state index in [0.717, 1.165) is 17.9 Å². The van der Waals surface area contributed by atoms with E-state index in [1.165, 1.54) is 12.8 Å². The average molecular weight is 278 g/mol. The van der Waals surface area contributed by atoms with Crippen molar-refractivity contribution in [1.82, 2.24) is 10.6 Å². The molecule has 1 aromatic rings. The third-order valence-corrected chi connectivity index (χ3v) is 3.29. The molecule has 0 unspecified atom stereocenters. The van der Waals surface area contributed by atoms with E-state index >= 15 is 0 Å². The highest BCUT2D eigenvalue weighted by molar-refractivity contribution is 5.75. The van der Waals surface area contributed by atoms with Gasteiger partial charge < -0.3 is 20.1 Å². The molecule has 0 aliphatic heterocycles. The summed E-state index contributed by atoms with van der Waals surface area (Å²) in [4.78, 5) is 11.2. The molecule has 0 spiro atoms. The smallest absolute Gasteiger partial charge is 0.223 e. The van der Waals surface area contributed by atoms with Crippen LogP contribution < -0.4 is 20.1 Å². The maximum Gasteiger partial charge on any atom is 0.223 e. The molecule has 5 heteroatoms. The standard InChI is InChI=1S/C15H22N2O3/c1-16-14(18)8-9-20-15-11(10-17-12-6-7-12)4-3-5-13(15)19-2/h3-5,12,17H,6-10H2,1-2H3,(H,16,18). The molecule has 1 aliphatic rings. The predicted octanol–water partition coefficient (Wildman–Crippen LogP) is 1.46. The molecular weight excluding hydrogens is 256 g/mol. The largest absolute Gasteiger partial charge is 0.493 e. The number of nitrogens with one attached hydrogen (secondary N) is 2. The van der Waals surface area contributed by atoms with E-state index in [0.29, 0.717) is 24.8 Å². The predicted molar refractivity (Wildman–Crippen MR) is 77.0 cm³/mol. The monoisotopic (exact) mass is 278 g/mol. The van der Waals surface area contributed by atoms with Gasteiger partial charge in [-0.1, -0.05) is 12.1 Å². The summed E-state index contributed by atoms with van der Waals surface area (Å²) < 4.78 is 11.1. The van der Waals surface area contributed by atoms with E-state index in [2.05, 4.69) is 10.6 Å². The van der Waals surface area contributed by atoms with Crippen LogP contribution >= 0.6 is 0 Å². The lowest BCUT2D eigenvalue weighted by Gasteiger charge is -2.15. The van der Waals surface area contributed by atoms with E-state index in [1.807, 2.05) is 18.2 Å². The number of amides is 1. The Bertz CT molecular complexity index is 458. The molecule has 0 heterocycles. The van der Waals surface area contributed by atoms with Crippen molar-refractivity contribution >= 4 is 5.91 Å². The third kappa shape index (κ3) is 4.13. The molecule has 0 bridgehead atoms. The number of carbonyl (C=O) groups excluding carboxylic acids is 1. The molecule has 1 aliphatic carbocycles. The lowest BCUT2D eigenvalue weighted by Crippen LogP contribution is -2.21. The van der Waals surface area contributed by atoms with Crippen LogP contribution in [0.15, 0.2) is 18.2 Å². The summed E-state index contributed by atoms with van der Waals surface area (Å²) in [6.07, 6.45) is 2.83. The molecule has 5 nitrogen and oxygen atoms in total. The first-order valence-electron chi connectivity index (χ1n) is 6.97. The molecule has 0 atom stereocenters.